The molecule has 0 spiro atoms. The van der Waals surface area contributed by atoms with Crippen LogP contribution in [0.15, 0.2) is 12.2 Å². The van der Waals surface area contributed by atoms with Gasteiger partial charge in [-0.15, -0.1) is 0 Å². The molecule has 3 atom stereocenters. The maximum atomic E-state index is 12.5. The third kappa shape index (κ3) is 3.27. The smallest absolute Gasteiger partial charge is 0.234 e. The normalized spacial score (nSPS) is 36.2. The number of rotatable bonds is 3. The van der Waals surface area contributed by atoms with Crippen LogP contribution in [-0.4, -0.2) is 85.3 Å². The van der Waals surface area contributed by atoms with Crippen molar-refractivity contribution in [2.75, 3.05) is 44.4 Å². The SMILES string of the molecule is O=C1[C@@H]2CC=CC[C@H]2C(=O)N1CN1CCN([C@H]2CCS(=O)(=O)C2)CC1. The van der Waals surface area contributed by atoms with Crippen LogP contribution in [0.3, 0.4) is 0 Å². The lowest BCUT2D eigenvalue weighted by Crippen LogP contribution is -2.53. The van der Waals surface area contributed by atoms with Crippen LogP contribution in [0.4, 0.5) is 0 Å². The van der Waals surface area contributed by atoms with Gasteiger partial charge in [-0.05, 0) is 19.3 Å². The molecule has 1 aliphatic carbocycles. The second-order valence-corrected chi connectivity index (χ2v) is 9.84. The van der Waals surface area contributed by atoms with E-state index in [9.17, 15) is 18.0 Å². The van der Waals surface area contributed by atoms with Crippen LogP contribution >= 0.6 is 0 Å². The first-order chi connectivity index (χ1) is 11.9. The number of imide groups is 1. The minimum absolute atomic E-state index is 0.0244. The Morgan fingerprint density at radius 2 is 1.56 bits per heavy atom. The number of sulfone groups is 1. The maximum Gasteiger partial charge on any atom is 0.234 e. The molecular weight excluding hydrogens is 342 g/mol. The number of likely N-dealkylation sites (tertiary alicyclic amines) is 1. The summed E-state index contributed by atoms with van der Waals surface area (Å²) in [7, 11) is -2.86. The Kier molecular flexibility index (Phi) is 4.45. The van der Waals surface area contributed by atoms with Crippen LogP contribution in [0.5, 0.6) is 0 Å². The molecule has 0 N–H and O–H groups in total. The predicted octanol–water partition coefficient (Wildman–Crippen LogP) is -0.300. The molecule has 138 valence electrons. The van der Waals surface area contributed by atoms with Crippen molar-refractivity contribution >= 4 is 21.7 Å². The van der Waals surface area contributed by atoms with Crippen molar-refractivity contribution < 1.29 is 18.0 Å². The molecule has 3 heterocycles. The second kappa shape index (κ2) is 6.48. The van der Waals surface area contributed by atoms with Crippen LogP contribution in [0, 0.1) is 11.8 Å². The lowest BCUT2D eigenvalue weighted by molar-refractivity contribution is -0.142. The van der Waals surface area contributed by atoms with E-state index in [-0.39, 0.29) is 35.4 Å². The molecule has 25 heavy (non-hydrogen) atoms. The van der Waals surface area contributed by atoms with Gasteiger partial charge in [0.25, 0.3) is 0 Å². The van der Waals surface area contributed by atoms with Gasteiger partial charge < -0.3 is 0 Å². The van der Waals surface area contributed by atoms with Crippen LogP contribution in [0.2, 0.25) is 0 Å². The molecule has 3 aliphatic heterocycles. The van der Waals surface area contributed by atoms with Crippen LogP contribution < -0.4 is 0 Å². The van der Waals surface area contributed by atoms with Gasteiger partial charge in [-0.2, -0.15) is 0 Å². The first-order valence-corrected chi connectivity index (χ1v) is 10.9. The number of carbonyl (C=O) groups is 2. The number of carbonyl (C=O) groups excluding carboxylic acids is 2. The van der Waals surface area contributed by atoms with E-state index >= 15 is 0 Å². The Hall–Kier alpha value is -1.25. The molecule has 0 aromatic heterocycles. The average Bonchev–Trinajstić information content (AvgIpc) is 3.09. The van der Waals surface area contributed by atoms with Crippen LogP contribution in [-0.2, 0) is 19.4 Å². The van der Waals surface area contributed by atoms with Gasteiger partial charge >= 0.3 is 0 Å². The summed E-state index contributed by atoms with van der Waals surface area (Å²) in [5.41, 5.74) is 0. The van der Waals surface area contributed by atoms with E-state index < -0.39 is 9.84 Å². The topological polar surface area (TPSA) is 78.0 Å². The minimum atomic E-state index is -2.86. The van der Waals surface area contributed by atoms with Crippen LogP contribution in [0.1, 0.15) is 19.3 Å². The van der Waals surface area contributed by atoms with Gasteiger partial charge in [0, 0.05) is 32.2 Å². The number of nitrogens with zero attached hydrogens (tertiary/aromatic N) is 3. The van der Waals surface area contributed by atoms with Gasteiger partial charge in [-0.25, -0.2) is 8.42 Å². The number of fused-ring (bicyclic) bond motifs is 1. The Labute approximate surface area is 148 Å². The van der Waals surface area contributed by atoms with E-state index in [0.29, 0.717) is 25.3 Å². The lowest BCUT2D eigenvalue weighted by Gasteiger charge is -2.38. The molecule has 4 aliphatic rings. The van der Waals surface area contributed by atoms with Crippen molar-refractivity contribution in [3.8, 4) is 0 Å². The third-order valence-electron chi connectivity index (χ3n) is 6.07. The Balaban J connectivity index is 1.32. The van der Waals surface area contributed by atoms with E-state index in [1.807, 2.05) is 12.2 Å². The molecule has 0 bridgehead atoms. The van der Waals surface area contributed by atoms with Gasteiger partial charge in [0.15, 0.2) is 9.84 Å². The van der Waals surface area contributed by atoms with Crippen molar-refractivity contribution in [2.45, 2.75) is 25.3 Å². The number of amides is 2. The highest BCUT2D eigenvalue weighted by atomic mass is 32.2. The summed E-state index contributed by atoms with van der Waals surface area (Å²) < 4.78 is 23.3. The predicted molar refractivity (Wildman–Crippen MR) is 92.3 cm³/mol. The van der Waals surface area contributed by atoms with Crippen molar-refractivity contribution in [1.29, 1.82) is 0 Å². The van der Waals surface area contributed by atoms with Gasteiger partial charge in [0.2, 0.25) is 11.8 Å². The number of hydrogen-bond acceptors (Lipinski definition) is 6. The molecule has 0 saturated carbocycles. The van der Waals surface area contributed by atoms with Gasteiger partial charge in [0.1, 0.15) is 0 Å². The van der Waals surface area contributed by atoms with E-state index in [4.69, 9.17) is 0 Å². The largest absolute Gasteiger partial charge is 0.297 e. The summed E-state index contributed by atoms with van der Waals surface area (Å²) in [6, 6.07) is 0.135. The molecule has 2 amide bonds. The van der Waals surface area contributed by atoms with Crippen molar-refractivity contribution in [2.24, 2.45) is 11.8 Å². The summed E-state index contributed by atoms with van der Waals surface area (Å²) in [5, 5.41) is 0. The molecule has 0 unspecified atom stereocenters. The standard InChI is InChI=1S/C17H25N3O4S/c21-16-14-3-1-2-4-15(14)17(22)20(16)12-18-6-8-19(9-7-18)13-5-10-25(23,24)11-13/h1-2,13-15H,3-12H2/t13-,14+,15+/m0/s1. The molecule has 8 heteroatoms. The molecule has 4 rings (SSSR count). The highest BCUT2D eigenvalue weighted by Gasteiger charge is 2.47. The highest BCUT2D eigenvalue weighted by molar-refractivity contribution is 7.91. The number of hydrogen-bond donors (Lipinski definition) is 0. The van der Waals surface area contributed by atoms with Gasteiger partial charge in [0.05, 0.1) is 30.0 Å². The lowest BCUT2D eigenvalue weighted by atomic mass is 9.85. The van der Waals surface area contributed by atoms with E-state index in [1.54, 1.807) is 0 Å². The highest BCUT2D eigenvalue weighted by Crippen LogP contribution is 2.35. The first kappa shape index (κ1) is 17.2. The molecule has 0 aromatic rings. The van der Waals surface area contributed by atoms with E-state index in [2.05, 4.69) is 9.80 Å². The van der Waals surface area contributed by atoms with Crippen molar-refractivity contribution in [3.63, 3.8) is 0 Å². The first-order valence-electron chi connectivity index (χ1n) is 9.12. The van der Waals surface area contributed by atoms with Crippen molar-refractivity contribution in [3.05, 3.63) is 12.2 Å². The maximum absolute atomic E-state index is 12.5. The van der Waals surface area contributed by atoms with E-state index in [1.165, 1.54) is 4.90 Å². The molecule has 7 nitrogen and oxygen atoms in total. The average molecular weight is 367 g/mol. The minimum Gasteiger partial charge on any atom is -0.297 e. The summed E-state index contributed by atoms with van der Waals surface area (Å²) in [4.78, 5) is 30.9. The van der Waals surface area contributed by atoms with Gasteiger partial charge in [-0.1, -0.05) is 12.2 Å². The zero-order valence-corrected chi connectivity index (χ0v) is 15.2. The molecular formula is C17H25N3O4S. The number of allylic oxidation sites excluding steroid dienone is 2. The Bertz CT molecular complexity index is 671. The monoisotopic (exact) mass is 367 g/mol. The van der Waals surface area contributed by atoms with Gasteiger partial charge in [-0.3, -0.25) is 24.3 Å². The molecule has 0 aromatic carbocycles. The zero-order valence-electron chi connectivity index (χ0n) is 14.3. The fourth-order valence-corrected chi connectivity index (χ4v) is 6.30. The van der Waals surface area contributed by atoms with Crippen molar-refractivity contribution in [1.82, 2.24) is 14.7 Å². The molecule has 3 saturated heterocycles. The fourth-order valence-electron chi connectivity index (χ4n) is 4.54. The molecule has 0 radical (unpaired) electrons. The zero-order chi connectivity index (χ0) is 17.6. The Morgan fingerprint density at radius 3 is 2.08 bits per heavy atom. The second-order valence-electron chi connectivity index (χ2n) is 7.61. The third-order valence-corrected chi connectivity index (χ3v) is 7.82. The Morgan fingerprint density at radius 1 is 0.960 bits per heavy atom. The summed E-state index contributed by atoms with van der Waals surface area (Å²) >= 11 is 0. The molecule has 3 fully saturated rings. The fraction of sp³-hybridized carbons (Fsp3) is 0.765. The summed E-state index contributed by atoms with van der Waals surface area (Å²) in [6.45, 7) is 3.50. The summed E-state index contributed by atoms with van der Waals surface area (Å²) in [6.07, 6.45) is 6.08. The number of piperazine rings is 1. The van der Waals surface area contributed by atoms with Crippen LogP contribution in [0.25, 0.3) is 0 Å². The van der Waals surface area contributed by atoms with E-state index in [0.717, 1.165) is 32.6 Å². The quantitative estimate of drug-likeness (QED) is 0.503. The summed E-state index contributed by atoms with van der Waals surface area (Å²) in [5.74, 6) is 0.190.